The number of likely N-dealkylation sites (N-methyl/N-ethyl adjacent to an activating group) is 1. The molecule has 3 rings (SSSR count). The van der Waals surface area contributed by atoms with Crippen LogP contribution in [0.15, 0.2) is 60.7 Å². The molecule has 0 aliphatic carbocycles. The van der Waals surface area contributed by atoms with Gasteiger partial charge in [0, 0.05) is 19.2 Å². The zero-order valence-electron chi connectivity index (χ0n) is 17.2. The van der Waals surface area contributed by atoms with E-state index in [4.69, 9.17) is 9.47 Å². The second-order valence-corrected chi connectivity index (χ2v) is 7.14. The van der Waals surface area contributed by atoms with E-state index in [0.717, 1.165) is 22.1 Å². The minimum Gasteiger partial charge on any atom is -0.497 e. The summed E-state index contributed by atoms with van der Waals surface area (Å²) in [7, 11) is 3.16. The molecule has 0 aliphatic rings. The number of ether oxygens (including phenoxy) is 2. The van der Waals surface area contributed by atoms with Gasteiger partial charge in [0.2, 0.25) is 0 Å². The molecule has 1 atom stereocenters. The summed E-state index contributed by atoms with van der Waals surface area (Å²) in [6, 6.07) is 17.7. The number of halogens is 1. The van der Waals surface area contributed by atoms with E-state index < -0.39 is 17.8 Å². The van der Waals surface area contributed by atoms with Crippen LogP contribution in [0.3, 0.4) is 0 Å². The summed E-state index contributed by atoms with van der Waals surface area (Å²) in [4.78, 5) is 26.1. The summed E-state index contributed by atoms with van der Waals surface area (Å²) in [6.07, 6.45) is 0. The number of esters is 1. The van der Waals surface area contributed by atoms with Crippen molar-refractivity contribution in [1.82, 2.24) is 4.90 Å². The summed E-state index contributed by atoms with van der Waals surface area (Å²) in [5.41, 5.74) is 1.20. The van der Waals surface area contributed by atoms with Crippen molar-refractivity contribution in [2.75, 3.05) is 20.8 Å². The fourth-order valence-electron chi connectivity index (χ4n) is 3.11. The van der Waals surface area contributed by atoms with Gasteiger partial charge in [-0.25, -0.2) is 4.39 Å². The molecule has 3 aromatic carbocycles. The molecule has 0 heterocycles. The lowest BCUT2D eigenvalue weighted by atomic mass is 9.98. The number of hydrogen-bond donors (Lipinski definition) is 0. The highest BCUT2D eigenvalue weighted by molar-refractivity contribution is 5.87. The van der Waals surface area contributed by atoms with Gasteiger partial charge in [-0.1, -0.05) is 42.5 Å². The molecule has 5 nitrogen and oxygen atoms in total. The maximum absolute atomic E-state index is 13.7. The lowest BCUT2D eigenvalue weighted by Crippen LogP contribution is -2.31. The third-order valence-corrected chi connectivity index (χ3v) is 5.05. The number of benzene rings is 3. The van der Waals surface area contributed by atoms with Crippen molar-refractivity contribution in [2.24, 2.45) is 0 Å². The van der Waals surface area contributed by atoms with Gasteiger partial charge in [-0.2, -0.15) is 0 Å². The molecule has 0 bridgehead atoms. The van der Waals surface area contributed by atoms with E-state index >= 15 is 0 Å². The predicted octanol–water partition coefficient (Wildman–Crippen LogP) is 4.29. The fourth-order valence-corrected chi connectivity index (χ4v) is 3.11. The van der Waals surface area contributed by atoms with Crippen molar-refractivity contribution in [3.63, 3.8) is 0 Å². The van der Waals surface area contributed by atoms with Crippen LogP contribution in [-0.2, 0) is 20.9 Å². The van der Waals surface area contributed by atoms with Crippen LogP contribution < -0.4 is 4.74 Å². The minimum absolute atomic E-state index is 0.104. The van der Waals surface area contributed by atoms with Crippen LogP contribution in [0.1, 0.15) is 24.0 Å². The largest absolute Gasteiger partial charge is 0.497 e. The molecule has 3 aromatic rings. The average Bonchev–Trinajstić information content (AvgIpc) is 2.77. The van der Waals surface area contributed by atoms with E-state index in [9.17, 15) is 14.0 Å². The Morgan fingerprint density at radius 3 is 2.47 bits per heavy atom. The van der Waals surface area contributed by atoms with Crippen LogP contribution in [0, 0.1) is 5.82 Å². The van der Waals surface area contributed by atoms with Crippen molar-refractivity contribution in [1.29, 1.82) is 0 Å². The summed E-state index contributed by atoms with van der Waals surface area (Å²) < 4.78 is 24.2. The van der Waals surface area contributed by atoms with Crippen LogP contribution >= 0.6 is 0 Å². The maximum Gasteiger partial charge on any atom is 0.313 e. The molecule has 0 N–H and O–H groups in total. The van der Waals surface area contributed by atoms with Crippen molar-refractivity contribution in [2.45, 2.75) is 19.4 Å². The fraction of sp³-hybridized carbons (Fsp3) is 0.250. The highest BCUT2D eigenvalue weighted by Gasteiger charge is 2.20. The topological polar surface area (TPSA) is 55.8 Å². The number of nitrogens with zero attached hydrogens (tertiary/aromatic N) is 1. The smallest absolute Gasteiger partial charge is 0.313 e. The highest BCUT2D eigenvalue weighted by atomic mass is 19.1. The molecule has 0 unspecified atom stereocenters. The van der Waals surface area contributed by atoms with E-state index in [0.29, 0.717) is 5.56 Å². The number of rotatable bonds is 7. The summed E-state index contributed by atoms with van der Waals surface area (Å²) >= 11 is 0. The summed E-state index contributed by atoms with van der Waals surface area (Å²) in [5.74, 6) is -1.03. The molecule has 1 amide bonds. The van der Waals surface area contributed by atoms with Gasteiger partial charge in [-0.15, -0.1) is 0 Å². The lowest BCUT2D eigenvalue weighted by molar-refractivity contribution is -0.152. The Morgan fingerprint density at radius 2 is 1.73 bits per heavy atom. The minimum atomic E-state index is -0.527. The number of methoxy groups -OCH3 is 1. The molecule has 6 heteroatoms. The zero-order chi connectivity index (χ0) is 21.7. The van der Waals surface area contributed by atoms with Gasteiger partial charge in [0.05, 0.1) is 13.0 Å². The molecule has 0 saturated carbocycles. The SMILES string of the molecule is COc1ccc2cc([C@H](C)C(=O)OCC(=O)N(C)Cc3ccccc3F)ccc2c1. The molecular weight excluding hydrogens is 385 g/mol. The third-order valence-electron chi connectivity index (χ3n) is 5.05. The summed E-state index contributed by atoms with van der Waals surface area (Å²) in [6.45, 7) is 1.45. The molecule has 0 spiro atoms. The first-order valence-electron chi connectivity index (χ1n) is 9.60. The van der Waals surface area contributed by atoms with E-state index in [1.165, 1.54) is 11.0 Å². The Balaban J connectivity index is 1.59. The molecule has 30 heavy (non-hydrogen) atoms. The van der Waals surface area contributed by atoms with Crippen LogP contribution in [0.25, 0.3) is 10.8 Å². The Morgan fingerprint density at radius 1 is 1.03 bits per heavy atom. The average molecular weight is 409 g/mol. The second-order valence-electron chi connectivity index (χ2n) is 7.14. The molecular formula is C24H24FNO4. The normalized spacial score (nSPS) is 11.7. The van der Waals surface area contributed by atoms with Gasteiger partial charge in [-0.05, 0) is 41.5 Å². The van der Waals surface area contributed by atoms with E-state index in [-0.39, 0.29) is 19.0 Å². The van der Waals surface area contributed by atoms with E-state index in [1.807, 2.05) is 36.4 Å². The summed E-state index contributed by atoms with van der Waals surface area (Å²) in [5, 5.41) is 1.98. The molecule has 0 radical (unpaired) electrons. The third kappa shape index (κ3) is 4.95. The predicted molar refractivity (Wildman–Crippen MR) is 113 cm³/mol. The number of carbonyl (C=O) groups is 2. The van der Waals surface area contributed by atoms with Crippen LogP contribution in [0.2, 0.25) is 0 Å². The van der Waals surface area contributed by atoms with Gasteiger partial charge in [0.1, 0.15) is 11.6 Å². The first-order chi connectivity index (χ1) is 14.4. The number of carbonyl (C=O) groups excluding carboxylic acids is 2. The van der Waals surface area contributed by atoms with Crippen LogP contribution in [0.4, 0.5) is 4.39 Å². The van der Waals surface area contributed by atoms with Gasteiger partial charge in [0.25, 0.3) is 5.91 Å². The van der Waals surface area contributed by atoms with Crippen molar-refractivity contribution < 1.29 is 23.5 Å². The highest BCUT2D eigenvalue weighted by Crippen LogP contribution is 2.25. The van der Waals surface area contributed by atoms with Gasteiger partial charge in [-0.3, -0.25) is 9.59 Å². The first-order valence-corrected chi connectivity index (χ1v) is 9.60. The van der Waals surface area contributed by atoms with Crippen LogP contribution in [0.5, 0.6) is 5.75 Å². The lowest BCUT2D eigenvalue weighted by Gasteiger charge is -2.18. The Labute approximate surface area is 175 Å². The van der Waals surface area contributed by atoms with E-state index in [2.05, 4.69) is 0 Å². The second kappa shape index (κ2) is 9.39. The van der Waals surface area contributed by atoms with Gasteiger partial charge >= 0.3 is 5.97 Å². The van der Waals surface area contributed by atoms with E-state index in [1.54, 1.807) is 39.3 Å². The van der Waals surface area contributed by atoms with Crippen molar-refractivity contribution >= 4 is 22.6 Å². The van der Waals surface area contributed by atoms with Crippen LogP contribution in [-0.4, -0.2) is 37.5 Å². The molecule has 0 fully saturated rings. The number of hydrogen-bond acceptors (Lipinski definition) is 4. The monoisotopic (exact) mass is 409 g/mol. The quantitative estimate of drug-likeness (QED) is 0.546. The van der Waals surface area contributed by atoms with Crippen molar-refractivity contribution in [3.05, 3.63) is 77.6 Å². The Bertz CT molecular complexity index is 1070. The number of amides is 1. The molecule has 0 aliphatic heterocycles. The maximum atomic E-state index is 13.7. The van der Waals surface area contributed by atoms with Gasteiger partial charge < -0.3 is 14.4 Å². The molecule has 0 saturated heterocycles. The zero-order valence-corrected chi connectivity index (χ0v) is 17.2. The Kier molecular flexibility index (Phi) is 6.67. The standard InChI is InChI=1S/C24H24FNO4/c1-16(17-8-9-19-13-21(29-3)11-10-18(19)12-17)24(28)30-15-23(27)26(2)14-20-6-4-5-7-22(20)25/h4-13,16H,14-15H2,1-3H3/t16-/m0/s1. The van der Waals surface area contributed by atoms with Gasteiger partial charge in [0.15, 0.2) is 6.61 Å². The Hall–Kier alpha value is -3.41. The molecule has 0 aromatic heterocycles. The van der Waals surface area contributed by atoms with Crippen molar-refractivity contribution in [3.8, 4) is 5.75 Å². The number of fused-ring (bicyclic) bond motifs is 1. The molecule has 156 valence electrons. The first kappa shape index (κ1) is 21.3.